The quantitative estimate of drug-likeness (QED) is 0.750. The molecular formula is C16H15ClINO2. The molecule has 0 aliphatic rings. The van der Waals surface area contributed by atoms with Crippen molar-refractivity contribution in [2.75, 3.05) is 7.11 Å². The number of nitrogens with one attached hydrogen (secondary N) is 1. The highest BCUT2D eigenvalue weighted by atomic mass is 127. The molecular weight excluding hydrogens is 401 g/mol. The maximum atomic E-state index is 12.2. The van der Waals surface area contributed by atoms with Gasteiger partial charge in [0.25, 0.3) is 5.91 Å². The fourth-order valence-electron chi connectivity index (χ4n) is 1.89. The van der Waals surface area contributed by atoms with E-state index in [1.807, 2.05) is 37.3 Å². The summed E-state index contributed by atoms with van der Waals surface area (Å²) in [6.07, 6.45) is 0. The Labute approximate surface area is 142 Å². The molecule has 2 rings (SSSR count). The molecule has 1 amide bonds. The molecule has 0 aliphatic heterocycles. The van der Waals surface area contributed by atoms with Gasteiger partial charge in [0, 0.05) is 9.13 Å². The number of rotatable bonds is 4. The standard InChI is InChI=1S/C16H15ClINO2/c1-10(11-3-6-13(21-2)7-4-11)19-16(20)12-5-8-15(18)14(17)9-12/h3-10H,1-2H3,(H,19,20). The lowest BCUT2D eigenvalue weighted by Crippen LogP contribution is -2.26. The monoisotopic (exact) mass is 415 g/mol. The average molecular weight is 416 g/mol. The lowest BCUT2D eigenvalue weighted by atomic mass is 10.1. The third-order valence-corrected chi connectivity index (χ3v) is 4.72. The Balaban J connectivity index is 2.08. The van der Waals surface area contributed by atoms with Crippen LogP contribution < -0.4 is 10.1 Å². The number of methoxy groups -OCH3 is 1. The van der Waals surface area contributed by atoms with Crippen molar-refractivity contribution in [3.63, 3.8) is 0 Å². The number of carbonyl (C=O) groups excluding carboxylic acids is 1. The molecule has 3 nitrogen and oxygen atoms in total. The summed E-state index contributed by atoms with van der Waals surface area (Å²) in [6, 6.07) is 12.8. The van der Waals surface area contributed by atoms with Crippen LogP contribution >= 0.6 is 34.2 Å². The first-order chi connectivity index (χ1) is 10.0. The summed E-state index contributed by atoms with van der Waals surface area (Å²) in [5.74, 6) is 0.651. The molecule has 2 aromatic carbocycles. The van der Waals surface area contributed by atoms with Gasteiger partial charge in [-0.05, 0) is 65.4 Å². The number of hydrogen-bond donors (Lipinski definition) is 1. The third-order valence-electron chi connectivity index (χ3n) is 3.15. The van der Waals surface area contributed by atoms with Crippen LogP contribution in [0.4, 0.5) is 0 Å². The molecule has 21 heavy (non-hydrogen) atoms. The van der Waals surface area contributed by atoms with E-state index in [2.05, 4.69) is 27.9 Å². The molecule has 0 aromatic heterocycles. The van der Waals surface area contributed by atoms with Crippen molar-refractivity contribution in [1.29, 1.82) is 0 Å². The predicted molar refractivity (Wildman–Crippen MR) is 93.0 cm³/mol. The SMILES string of the molecule is COc1ccc(C(C)NC(=O)c2ccc(I)c(Cl)c2)cc1. The predicted octanol–water partition coefficient (Wildman–Crippen LogP) is 4.44. The summed E-state index contributed by atoms with van der Waals surface area (Å²) in [6.45, 7) is 1.94. The highest BCUT2D eigenvalue weighted by Gasteiger charge is 2.12. The number of benzene rings is 2. The fourth-order valence-corrected chi connectivity index (χ4v) is 2.41. The van der Waals surface area contributed by atoms with Crippen LogP contribution in [-0.4, -0.2) is 13.0 Å². The van der Waals surface area contributed by atoms with Crippen LogP contribution in [0.5, 0.6) is 5.75 Å². The van der Waals surface area contributed by atoms with E-state index in [9.17, 15) is 4.79 Å². The minimum absolute atomic E-state index is 0.0959. The van der Waals surface area contributed by atoms with E-state index >= 15 is 0 Å². The molecule has 0 saturated heterocycles. The van der Waals surface area contributed by atoms with E-state index in [0.717, 1.165) is 14.9 Å². The molecule has 1 unspecified atom stereocenters. The first-order valence-corrected chi connectivity index (χ1v) is 7.87. The average Bonchev–Trinajstić information content (AvgIpc) is 2.50. The molecule has 0 fully saturated rings. The van der Waals surface area contributed by atoms with Gasteiger partial charge in [-0.15, -0.1) is 0 Å². The van der Waals surface area contributed by atoms with Gasteiger partial charge in [-0.1, -0.05) is 23.7 Å². The minimum Gasteiger partial charge on any atom is -0.497 e. The van der Waals surface area contributed by atoms with Gasteiger partial charge in [-0.25, -0.2) is 0 Å². The normalized spacial score (nSPS) is 11.8. The molecule has 110 valence electrons. The number of ether oxygens (including phenoxy) is 1. The summed E-state index contributed by atoms with van der Waals surface area (Å²) in [7, 11) is 1.63. The van der Waals surface area contributed by atoms with Gasteiger partial charge in [-0.3, -0.25) is 4.79 Å². The second kappa shape index (κ2) is 7.13. The summed E-state index contributed by atoms with van der Waals surface area (Å²) in [4.78, 5) is 12.2. The number of halogens is 2. The number of carbonyl (C=O) groups is 1. The van der Waals surface area contributed by atoms with Crippen molar-refractivity contribution in [3.05, 3.63) is 62.2 Å². The minimum atomic E-state index is -0.142. The van der Waals surface area contributed by atoms with E-state index in [-0.39, 0.29) is 11.9 Å². The highest BCUT2D eigenvalue weighted by Crippen LogP contribution is 2.21. The van der Waals surface area contributed by atoms with Crippen molar-refractivity contribution in [2.24, 2.45) is 0 Å². The van der Waals surface area contributed by atoms with Crippen molar-refractivity contribution >= 4 is 40.1 Å². The molecule has 0 heterocycles. The molecule has 1 N–H and O–H groups in total. The fraction of sp³-hybridized carbons (Fsp3) is 0.188. The number of hydrogen-bond acceptors (Lipinski definition) is 2. The smallest absolute Gasteiger partial charge is 0.251 e. The maximum absolute atomic E-state index is 12.2. The van der Waals surface area contributed by atoms with Crippen LogP contribution in [-0.2, 0) is 0 Å². The molecule has 2 aromatic rings. The lowest BCUT2D eigenvalue weighted by Gasteiger charge is -2.15. The zero-order valence-corrected chi connectivity index (χ0v) is 14.6. The van der Waals surface area contributed by atoms with E-state index in [1.165, 1.54) is 0 Å². The Morgan fingerprint density at radius 2 is 1.90 bits per heavy atom. The molecule has 0 spiro atoms. The van der Waals surface area contributed by atoms with Gasteiger partial charge in [-0.2, -0.15) is 0 Å². The van der Waals surface area contributed by atoms with Gasteiger partial charge in [0.05, 0.1) is 18.2 Å². The summed E-state index contributed by atoms with van der Waals surface area (Å²) in [5, 5.41) is 3.54. The van der Waals surface area contributed by atoms with Crippen molar-refractivity contribution in [2.45, 2.75) is 13.0 Å². The molecule has 0 radical (unpaired) electrons. The Bertz CT molecular complexity index is 643. The van der Waals surface area contributed by atoms with E-state index in [0.29, 0.717) is 10.6 Å². The molecule has 0 bridgehead atoms. The zero-order valence-electron chi connectivity index (χ0n) is 11.7. The highest BCUT2D eigenvalue weighted by molar-refractivity contribution is 14.1. The summed E-state index contributed by atoms with van der Waals surface area (Å²) >= 11 is 8.17. The Kier molecular flexibility index (Phi) is 5.47. The second-order valence-corrected chi connectivity index (χ2v) is 6.17. The summed E-state index contributed by atoms with van der Waals surface area (Å²) < 4.78 is 6.05. The van der Waals surface area contributed by atoms with Gasteiger partial charge >= 0.3 is 0 Å². The zero-order chi connectivity index (χ0) is 15.4. The Morgan fingerprint density at radius 3 is 2.48 bits per heavy atom. The topological polar surface area (TPSA) is 38.3 Å². The maximum Gasteiger partial charge on any atom is 0.251 e. The first-order valence-electron chi connectivity index (χ1n) is 6.41. The molecule has 5 heteroatoms. The Hall–Kier alpha value is -1.27. The van der Waals surface area contributed by atoms with Gasteiger partial charge < -0.3 is 10.1 Å². The number of amides is 1. The second-order valence-electron chi connectivity index (χ2n) is 4.60. The van der Waals surface area contributed by atoms with Crippen LogP contribution in [0.25, 0.3) is 0 Å². The third kappa shape index (κ3) is 4.11. The van der Waals surface area contributed by atoms with E-state index in [4.69, 9.17) is 16.3 Å². The molecule has 1 atom stereocenters. The Morgan fingerprint density at radius 1 is 1.24 bits per heavy atom. The lowest BCUT2D eigenvalue weighted by molar-refractivity contribution is 0.0940. The first kappa shape index (κ1) is 16.1. The molecule has 0 saturated carbocycles. The van der Waals surface area contributed by atoms with E-state index in [1.54, 1.807) is 19.2 Å². The van der Waals surface area contributed by atoms with Crippen molar-refractivity contribution in [1.82, 2.24) is 5.32 Å². The molecule has 0 aliphatic carbocycles. The van der Waals surface area contributed by atoms with Crippen LogP contribution in [0.1, 0.15) is 28.9 Å². The van der Waals surface area contributed by atoms with Gasteiger partial charge in [0.1, 0.15) is 5.75 Å². The summed E-state index contributed by atoms with van der Waals surface area (Å²) in [5.41, 5.74) is 1.57. The van der Waals surface area contributed by atoms with Crippen LogP contribution in [0.15, 0.2) is 42.5 Å². The van der Waals surface area contributed by atoms with Gasteiger partial charge in [0.15, 0.2) is 0 Å². The van der Waals surface area contributed by atoms with Crippen LogP contribution in [0, 0.1) is 3.57 Å². The van der Waals surface area contributed by atoms with Crippen molar-refractivity contribution in [3.8, 4) is 5.75 Å². The van der Waals surface area contributed by atoms with Crippen molar-refractivity contribution < 1.29 is 9.53 Å². The van der Waals surface area contributed by atoms with Gasteiger partial charge in [0.2, 0.25) is 0 Å². The van der Waals surface area contributed by atoms with Crippen LogP contribution in [0.3, 0.4) is 0 Å². The van der Waals surface area contributed by atoms with E-state index < -0.39 is 0 Å². The largest absolute Gasteiger partial charge is 0.497 e. The van der Waals surface area contributed by atoms with Crippen LogP contribution in [0.2, 0.25) is 5.02 Å².